The topological polar surface area (TPSA) is 21.3 Å². The summed E-state index contributed by atoms with van der Waals surface area (Å²) in [6.07, 6.45) is 1.68. The van der Waals surface area contributed by atoms with E-state index in [9.17, 15) is 8.78 Å². The first-order chi connectivity index (χ1) is 10.1. The maximum absolute atomic E-state index is 13.8. The zero-order valence-electron chi connectivity index (χ0n) is 11.8. The van der Waals surface area contributed by atoms with Crippen molar-refractivity contribution in [1.82, 2.24) is 0 Å². The van der Waals surface area contributed by atoms with E-state index >= 15 is 0 Å². The van der Waals surface area contributed by atoms with Crippen molar-refractivity contribution in [3.8, 4) is 5.75 Å². The Bertz CT molecular complexity index is 657. The minimum Gasteiger partial charge on any atom is -0.493 e. The summed E-state index contributed by atoms with van der Waals surface area (Å²) in [4.78, 5) is 0. The first-order valence-electron chi connectivity index (χ1n) is 7.09. The standard InChI is InChI=1S/C17H17F2NO/c1-11-4-2-5-13-15(6-3-9-21-17(11)13)20-16-10-12(18)7-8-14(16)19/h2,4-5,7-8,10,15,20H,3,6,9H2,1H3. The Labute approximate surface area is 122 Å². The second kappa shape index (κ2) is 5.72. The lowest BCUT2D eigenvalue weighted by Crippen LogP contribution is -2.11. The van der Waals surface area contributed by atoms with Crippen molar-refractivity contribution in [3.63, 3.8) is 0 Å². The van der Waals surface area contributed by atoms with Gasteiger partial charge >= 0.3 is 0 Å². The van der Waals surface area contributed by atoms with Crippen molar-refractivity contribution < 1.29 is 13.5 Å². The van der Waals surface area contributed by atoms with Gasteiger partial charge in [0.2, 0.25) is 0 Å². The van der Waals surface area contributed by atoms with E-state index in [-0.39, 0.29) is 11.7 Å². The van der Waals surface area contributed by atoms with Crippen molar-refractivity contribution in [2.45, 2.75) is 25.8 Å². The van der Waals surface area contributed by atoms with E-state index in [2.05, 4.69) is 5.32 Å². The second-order valence-electron chi connectivity index (χ2n) is 5.31. The minimum absolute atomic E-state index is 0.0845. The number of ether oxygens (including phenoxy) is 1. The summed E-state index contributed by atoms with van der Waals surface area (Å²) in [6.45, 7) is 2.63. The SMILES string of the molecule is Cc1cccc2c1OCCCC2Nc1cc(F)ccc1F. The van der Waals surface area contributed by atoms with Crippen LogP contribution in [0.4, 0.5) is 14.5 Å². The highest BCUT2D eigenvalue weighted by Gasteiger charge is 2.21. The summed E-state index contributed by atoms with van der Waals surface area (Å²) in [5.74, 6) is -0.0479. The Hall–Kier alpha value is -2.10. The molecule has 1 heterocycles. The summed E-state index contributed by atoms with van der Waals surface area (Å²) < 4.78 is 32.9. The molecule has 0 spiro atoms. The molecule has 0 aliphatic carbocycles. The molecule has 0 aromatic heterocycles. The zero-order chi connectivity index (χ0) is 14.8. The number of para-hydroxylation sites is 1. The third-order valence-corrected chi connectivity index (χ3v) is 3.76. The Morgan fingerprint density at radius 3 is 2.90 bits per heavy atom. The van der Waals surface area contributed by atoms with Crippen molar-refractivity contribution in [2.24, 2.45) is 0 Å². The predicted octanol–water partition coefficient (Wildman–Crippen LogP) is 4.60. The summed E-state index contributed by atoms with van der Waals surface area (Å²) >= 11 is 0. The lowest BCUT2D eigenvalue weighted by molar-refractivity contribution is 0.314. The highest BCUT2D eigenvalue weighted by atomic mass is 19.1. The molecule has 0 radical (unpaired) electrons. The Morgan fingerprint density at radius 1 is 1.19 bits per heavy atom. The molecule has 0 fully saturated rings. The van der Waals surface area contributed by atoms with Crippen LogP contribution in [-0.2, 0) is 0 Å². The highest BCUT2D eigenvalue weighted by molar-refractivity contribution is 5.51. The van der Waals surface area contributed by atoms with Gasteiger partial charge in [-0.2, -0.15) is 0 Å². The Kier molecular flexibility index (Phi) is 3.78. The van der Waals surface area contributed by atoms with Gasteiger partial charge in [0.1, 0.15) is 17.4 Å². The van der Waals surface area contributed by atoms with Crippen LogP contribution < -0.4 is 10.1 Å². The summed E-state index contributed by atoms with van der Waals surface area (Å²) in [5.41, 5.74) is 2.24. The maximum atomic E-state index is 13.8. The number of halogens is 2. The third kappa shape index (κ3) is 2.84. The van der Waals surface area contributed by atoms with Crippen molar-refractivity contribution in [2.75, 3.05) is 11.9 Å². The van der Waals surface area contributed by atoms with Gasteiger partial charge in [-0.05, 0) is 43.5 Å². The second-order valence-corrected chi connectivity index (χ2v) is 5.31. The average molecular weight is 289 g/mol. The molecule has 110 valence electrons. The molecule has 1 atom stereocenters. The van der Waals surface area contributed by atoms with Crippen LogP contribution >= 0.6 is 0 Å². The molecular formula is C17H17F2NO. The van der Waals surface area contributed by atoms with E-state index < -0.39 is 11.6 Å². The molecule has 4 heteroatoms. The molecule has 21 heavy (non-hydrogen) atoms. The molecule has 1 aliphatic rings. The van der Waals surface area contributed by atoms with E-state index in [4.69, 9.17) is 4.74 Å². The van der Waals surface area contributed by atoms with E-state index in [1.165, 1.54) is 6.07 Å². The first kappa shape index (κ1) is 13.9. The number of hydrogen-bond acceptors (Lipinski definition) is 2. The van der Waals surface area contributed by atoms with Crippen molar-refractivity contribution >= 4 is 5.69 Å². The molecule has 0 saturated carbocycles. The van der Waals surface area contributed by atoms with Gasteiger partial charge in [-0.25, -0.2) is 8.78 Å². The summed E-state index contributed by atoms with van der Waals surface area (Å²) in [6, 6.07) is 9.29. The molecule has 2 nitrogen and oxygen atoms in total. The lowest BCUT2D eigenvalue weighted by atomic mass is 9.99. The van der Waals surface area contributed by atoms with Crippen LogP contribution in [0, 0.1) is 18.6 Å². The van der Waals surface area contributed by atoms with Crippen LogP contribution in [0.15, 0.2) is 36.4 Å². The monoisotopic (exact) mass is 289 g/mol. The van der Waals surface area contributed by atoms with Gasteiger partial charge < -0.3 is 10.1 Å². The molecule has 0 amide bonds. The lowest BCUT2D eigenvalue weighted by Gasteiger charge is -2.21. The minimum atomic E-state index is -0.451. The van der Waals surface area contributed by atoms with E-state index in [0.29, 0.717) is 6.61 Å². The molecule has 2 aromatic rings. The van der Waals surface area contributed by atoms with Crippen LogP contribution in [0.25, 0.3) is 0 Å². The maximum Gasteiger partial charge on any atom is 0.146 e. The first-order valence-corrected chi connectivity index (χ1v) is 7.09. The fraction of sp³-hybridized carbons (Fsp3) is 0.294. The highest BCUT2D eigenvalue weighted by Crippen LogP contribution is 2.36. The van der Waals surface area contributed by atoms with Crippen LogP contribution in [0.3, 0.4) is 0 Å². The molecule has 1 N–H and O–H groups in total. The van der Waals surface area contributed by atoms with Crippen molar-refractivity contribution in [3.05, 3.63) is 59.2 Å². The quantitative estimate of drug-likeness (QED) is 0.872. The molecule has 3 rings (SSSR count). The number of aryl methyl sites for hydroxylation is 1. The zero-order valence-corrected chi connectivity index (χ0v) is 11.8. The fourth-order valence-corrected chi connectivity index (χ4v) is 2.71. The smallest absolute Gasteiger partial charge is 0.146 e. The normalized spacial score (nSPS) is 17.6. The van der Waals surface area contributed by atoms with Gasteiger partial charge in [0.15, 0.2) is 0 Å². The summed E-state index contributed by atoms with van der Waals surface area (Å²) in [7, 11) is 0. The van der Waals surface area contributed by atoms with Gasteiger partial charge in [-0.3, -0.25) is 0 Å². The number of rotatable bonds is 2. The number of fused-ring (bicyclic) bond motifs is 1. The van der Waals surface area contributed by atoms with Crippen LogP contribution in [0.5, 0.6) is 5.75 Å². The number of nitrogens with one attached hydrogen (secondary N) is 1. The molecule has 0 saturated heterocycles. The van der Waals surface area contributed by atoms with Gasteiger partial charge in [0, 0.05) is 5.56 Å². The largest absolute Gasteiger partial charge is 0.493 e. The van der Waals surface area contributed by atoms with E-state index in [1.54, 1.807) is 0 Å². The molecule has 1 aliphatic heterocycles. The van der Waals surface area contributed by atoms with Crippen LogP contribution in [0.2, 0.25) is 0 Å². The van der Waals surface area contributed by atoms with Crippen molar-refractivity contribution in [1.29, 1.82) is 0 Å². The van der Waals surface area contributed by atoms with E-state index in [0.717, 1.165) is 41.9 Å². The number of anilines is 1. The molecular weight excluding hydrogens is 272 g/mol. The number of benzene rings is 2. The number of hydrogen-bond donors (Lipinski definition) is 1. The van der Waals surface area contributed by atoms with Crippen LogP contribution in [0.1, 0.15) is 30.0 Å². The molecule has 1 unspecified atom stereocenters. The average Bonchev–Trinajstić information content (AvgIpc) is 2.67. The van der Waals surface area contributed by atoms with Gasteiger partial charge in [-0.15, -0.1) is 0 Å². The van der Waals surface area contributed by atoms with Crippen LogP contribution in [-0.4, -0.2) is 6.61 Å². The Balaban J connectivity index is 1.96. The van der Waals surface area contributed by atoms with Gasteiger partial charge in [0.05, 0.1) is 18.3 Å². The Morgan fingerprint density at radius 2 is 2.05 bits per heavy atom. The van der Waals surface area contributed by atoms with Gasteiger partial charge in [0.25, 0.3) is 0 Å². The summed E-state index contributed by atoms with van der Waals surface area (Å²) in [5, 5.41) is 3.12. The fourth-order valence-electron chi connectivity index (χ4n) is 2.71. The van der Waals surface area contributed by atoms with Gasteiger partial charge in [-0.1, -0.05) is 18.2 Å². The predicted molar refractivity (Wildman–Crippen MR) is 78.6 cm³/mol. The third-order valence-electron chi connectivity index (χ3n) is 3.76. The molecule has 0 bridgehead atoms. The molecule has 2 aromatic carbocycles. The van der Waals surface area contributed by atoms with E-state index in [1.807, 2.05) is 25.1 Å².